The summed E-state index contributed by atoms with van der Waals surface area (Å²) < 4.78 is 0. The summed E-state index contributed by atoms with van der Waals surface area (Å²) in [7, 11) is 0. The predicted molar refractivity (Wildman–Crippen MR) is 78.1 cm³/mol. The van der Waals surface area contributed by atoms with E-state index in [1.807, 2.05) is 12.1 Å². The second kappa shape index (κ2) is 5.52. The van der Waals surface area contributed by atoms with Crippen molar-refractivity contribution in [3.63, 3.8) is 0 Å². The van der Waals surface area contributed by atoms with E-state index in [0.717, 1.165) is 45.2 Å². The van der Waals surface area contributed by atoms with Crippen LogP contribution in [0, 0.1) is 0 Å². The highest BCUT2D eigenvalue weighted by Gasteiger charge is 2.45. The van der Waals surface area contributed by atoms with Crippen molar-refractivity contribution in [1.82, 2.24) is 15.2 Å². The molecule has 4 nitrogen and oxygen atoms in total. The molecule has 0 spiro atoms. The Labute approximate surface area is 120 Å². The fourth-order valence-electron chi connectivity index (χ4n) is 3.15. The van der Waals surface area contributed by atoms with Gasteiger partial charge in [0.2, 0.25) is 5.91 Å². The van der Waals surface area contributed by atoms with E-state index >= 15 is 0 Å². The monoisotopic (exact) mass is 273 g/mol. The van der Waals surface area contributed by atoms with Gasteiger partial charge < -0.3 is 10.2 Å². The highest BCUT2D eigenvalue weighted by Crippen LogP contribution is 2.33. The summed E-state index contributed by atoms with van der Waals surface area (Å²) in [5.74, 6) is 0.303. The van der Waals surface area contributed by atoms with Gasteiger partial charge in [-0.15, -0.1) is 0 Å². The number of rotatable bonds is 5. The van der Waals surface area contributed by atoms with Gasteiger partial charge in [-0.3, -0.25) is 9.78 Å². The standard InChI is InChI=1S/C16H23N3O/c1-2-16(8-3-9-18-16)15(20)19(14-4-5-14)12-13-6-10-17-11-7-13/h6-7,10-11,14,18H,2-5,8-9,12H2,1H3. The predicted octanol–water partition coefficient (Wildman–Crippen LogP) is 2.10. The van der Waals surface area contributed by atoms with Crippen molar-refractivity contribution < 1.29 is 4.79 Å². The van der Waals surface area contributed by atoms with E-state index in [9.17, 15) is 4.79 Å². The first-order valence-electron chi connectivity index (χ1n) is 7.70. The van der Waals surface area contributed by atoms with Crippen molar-refractivity contribution in [1.29, 1.82) is 0 Å². The molecule has 2 heterocycles. The number of nitrogens with zero attached hydrogens (tertiary/aromatic N) is 2. The van der Waals surface area contributed by atoms with Gasteiger partial charge in [0, 0.05) is 25.0 Å². The minimum Gasteiger partial charge on any atom is -0.334 e. The van der Waals surface area contributed by atoms with Crippen molar-refractivity contribution in [2.75, 3.05) is 6.54 Å². The lowest BCUT2D eigenvalue weighted by molar-refractivity contribution is -0.139. The zero-order chi connectivity index (χ0) is 14.0. The van der Waals surface area contributed by atoms with Crippen LogP contribution in [0.4, 0.5) is 0 Å². The Bertz CT molecular complexity index is 464. The van der Waals surface area contributed by atoms with Crippen molar-refractivity contribution >= 4 is 5.91 Å². The number of carbonyl (C=O) groups excluding carboxylic acids is 1. The molecule has 2 fully saturated rings. The van der Waals surface area contributed by atoms with E-state index < -0.39 is 0 Å². The van der Waals surface area contributed by atoms with Gasteiger partial charge in [-0.05, 0) is 56.3 Å². The van der Waals surface area contributed by atoms with Gasteiger partial charge >= 0.3 is 0 Å². The maximum atomic E-state index is 13.0. The highest BCUT2D eigenvalue weighted by molar-refractivity contribution is 5.87. The van der Waals surface area contributed by atoms with Crippen molar-refractivity contribution in [3.8, 4) is 0 Å². The minimum atomic E-state index is -0.310. The first kappa shape index (κ1) is 13.6. The molecule has 1 saturated heterocycles. The van der Waals surface area contributed by atoms with Crippen LogP contribution in [0.15, 0.2) is 24.5 Å². The first-order chi connectivity index (χ1) is 9.75. The second-order valence-corrected chi connectivity index (χ2v) is 5.99. The molecule has 0 bridgehead atoms. The van der Waals surface area contributed by atoms with Gasteiger partial charge in [0.05, 0.1) is 5.54 Å². The van der Waals surface area contributed by atoms with Gasteiger partial charge in [0.25, 0.3) is 0 Å². The molecule has 1 aliphatic carbocycles. The maximum Gasteiger partial charge on any atom is 0.243 e. The first-order valence-corrected chi connectivity index (χ1v) is 7.70. The zero-order valence-electron chi connectivity index (χ0n) is 12.1. The third kappa shape index (κ3) is 2.57. The molecule has 0 aromatic carbocycles. The normalized spacial score (nSPS) is 25.6. The maximum absolute atomic E-state index is 13.0. The average molecular weight is 273 g/mol. The van der Waals surface area contributed by atoms with Crippen LogP contribution in [0.1, 0.15) is 44.6 Å². The van der Waals surface area contributed by atoms with Gasteiger partial charge in [-0.2, -0.15) is 0 Å². The minimum absolute atomic E-state index is 0.303. The molecule has 2 aliphatic rings. The summed E-state index contributed by atoms with van der Waals surface area (Å²) in [4.78, 5) is 19.2. The van der Waals surface area contributed by atoms with E-state index in [4.69, 9.17) is 0 Å². The Morgan fingerprint density at radius 2 is 2.20 bits per heavy atom. The molecule has 1 aliphatic heterocycles. The molecular formula is C16H23N3O. The van der Waals surface area contributed by atoms with Crippen molar-refractivity contribution in [3.05, 3.63) is 30.1 Å². The van der Waals surface area contributed by atoms with Crippen LogP contribution in [0.5, 0.6) is 0 Å². The lowest BCUT2D eigenvalue weighted by Gasteiger charge is -2.34. The third-order valence-electron chi connectivity index (χ3n) is 4.61. The number of hydrogen-bond acceptors (Lipinski definition) is 3. The largest absolute Gasteiger partial charge is 0.334 e. The molecule has 1 aromatic rings. The molecule has 4 heteroatoms. The van der Waals surface area contributed by atoms with E-state index in [0.29, 0.717) is 11.9 Å². The Kier molecular flexibility index (Phi) is 3.74. The van der Waals surface area contributed by atoms with Crippen LogP contribution >= 0.6 is 0 Å². The molecule has 108 valence electrons. The number of amides is 1. The van der Waals surface area contributed by atoms with Gasteiger partial charge in [0.1, 0.15) is 0 Å². The average Bonchev–Trinajstić information content (AvgIpc) is 3.22. The van der Waals surface area contributed by atoms with Crippen LogP contribution in [-0.4, -0.2) is 33.9 Å². The summed E-state index contributed by atoms with van der Waals surface area (Å²) in [5.41, 5.74) is 0.861. The molecule has 1 saturated carbocycles. The number of nitrogens with one attached hydrogen (secondary N) is 1. The lowest BCUT2D eigenvalue weighted by Crippen LogP contribution is -2.54. The Balaban J connectivity index is 1.78. The number of aromatic nitrogens is 1. The van der Waals surface area contributed by atoms with Crippen molar-refractivity contribution in [2.45, 2.75) is 57.2 Å². The molecule has 1 unspecified atom stereocenters. The fourth-order valence-corrected chi connectivity index (χ4v) is 3.15. The van der Waals surface area contributed by atoms with Gasteiger partial charge in [0.15, 0.2) is 0 Å². The topological polar surface area (TPSA) is 45.2 Å². The van der Waals surface area contributed by atoms with E-state index in [-0.39, 0.29) is 5.54 Å². The number of carbonyl (C=O) groups is 1. The molecule has 1 N–H and O–H groups in total. The third-order valence-corrected chi connectivity index (χ3v) is 4.61. The molecule has 20 heavy (non-hydrogen) atoms. The Morgan fingerprint density at radius 3 is 2.75 bits per heavy atom. The lowest BCUT2D eigenvalue weighted by atomic mass is 9.92. The van der Waals surface area contributed by atoms with E-state index in [1.54, 1.807) is 12.4 Å². The fraction of sp³-hybridized carbons (Fsp3) is 0.625. The molecule has 1 atom stereocenters. The summed E-state index contributed by atoms with van der Waals surface area (Å²) in [6.45, 7) is 3.80. The summed E-state index contributed by atoms with van der Waals surface area (Å²) in [5, 5.41) is 3.46. The molecule has 3 rings (SSSR count). The van der Waals surface area contributed by atoms with Crippen LogP contribution in [0.25, 0.3) is 0 Å². The summed E-state index contributed by atoms with van der Waals surface area (Å²) >= 11 is 0. The van der Waals surface area contributed by atoms with Crippen LogP contribution < -0.4 is 5.32 Å². The van der Waals surface area contributed by atoms with E-state index in [2.05, 4.69) is 22.1 Å². The molecular weight excluding hydrogens is 250 g/mol. The van der Waals surface area contributed by atoms with E-state index in [1.165, 1.54) is 5.56 Å². The highest BCUT2D eigenvalue weighted by atomic mass is 16.2. The van der Waals surface area contributed by atoms with Crippen molar-refractivity contribution in [2.24, 2.45) is 0 Å². The SMILES string of the molecule is CCC1(C(=O)N(Cc2ccncc2)C2CC2)CCCN1. The van der Waals surface area contributed by atoms with Crippen LogP contribution in [-0.2, 0) is 11.3 Å². The zero-order valence-corrected chi connectivity index (χ0v) is 12.1. The molecule has 0 radical (unpaired) electrons. The van der Waals surface area contributed by atoms with Crippen LogP contribution in [0.2, 0.25) is 0 Å². The molecule has 1 aromatic heterocycles. The van der Waals surface area contributed by atoms with Gasteiger partial charge in [-0.25, -0.2) is 0 Å². The quantitative estimate of drug-likeness (QED) is 0.893. The molecule has 1 amide bonds. The Hall–Kier alpha value is -1.42. The summed E-state index contributed by atoms with van der Waals surface area (Å²) in [6, 6.07) is 4.45. The van der Waals surface area contributed by atoms with Gasteiger partial charge in [-0.1, -0.05) is 6.92 Å². The second-order valence-electron chi connectivity index (χ2n) is 5.99. The number of hydrogen-bond donors (Lipinski definition) is 1. The smallest absolute Gasteiger partial charge is 0.243 e. The summed E-state index contributed by atoms with van der Waals surface area (Å²) in [6.07, 6.45) is 8.86. The van der Waals surface area contributed by atoms with Crippen LogP contribution in [0.3, 0.4) is 0 Å². The number of pyridine rings is 1. The Morgan fingerprint density at radius 1 is 1.45 bits per heavy atom.